The van der Waals surface area contributed by atoms with E-state index in [1.165, 1.54) is 0 Å². The van der Waals surface area contributed by atoms with E-state index in [-0.39, 0.29) is 25.2 Å². The normalized spacial score (nSPS) is 13.4. The minimum Gasteiger partial charge on any atom is -0.480 e. The van der Waals surface area contributed by atoms with Crippen LogP contribution in [0.15, 0.2) is 30.3 Å². The van der Waals surface area contributed by atoms with Gasteiger partial charge in [-0.3, -0.25) is 9.69 Å². The van der Waals surface area contributed by atoms with Crippen molar-refractivity contribution >= 4 is 5.97 Å². The maximum absolute atomic E-state index is 10.9. The topological polar surface area (TPSA) is 70.0 Å². The summed E-state index contributed by atoms with van der Waals surface area (Å²) >= 11 is 0. The molecule has 0 aliphatic rings. The second-order valence-electron chi connectivity index (χ2n) is 6.10. The Kier molecular flexibility index (Phi) is 6.81. The van der Waals surface area contributed by atoms with E-state index in [0.29, 0.717) is 6.61 Å². The SMILES string of the molecule is CC(C)(C)N(CC(=O)O)CC(O)COCc1ccccc1. The molecule has 1 atom stereocenters. The zero-order chi connectivity index (χ0) is 15.9. The van der Waals surface area contributed by atoms with Crippen molar-refractivity contribution in [1.82, 2.24) is 4.90 Å². The van der Waals surface area contributed by atoms with Crippen LogP contribution in [0.5, 0.6) is 0 Å². The molecule has 21 heavy (non-hydrogen) atoms. The molecule has 0 aromatic heterocycles. The van der Waals surface area contributed by atoms with Gasteiger partial charge in [0.05, 0.1) is 25.9 Å². The van der Waals surface area contributed by atoms with Gasteiger partial charge in [-0.1, -0.05) is 30.3 Å². The molecule has 0 radical (unpaired) electrons. The summed E-state index contributed by atoms with van der Waals surface area (Å²) < 4.78 is 5.48. The number of aliphatic hydroxyl groups excluding tert-OH is 1. The Hall–Kier alpha value is -1.43. The number of aliphatic carboxylic acids is 1. The van der Waals surface area contributed by atoms with Gasteiger partial charge >= 0.3 is 5.97 Å². The molecular formula is C16H25NO4. The van der Waals surface area contributed by atoms with E-state index in [0.717, 1.165) is 5.56 Å². The largest absolute Gasteiger partial charge is 0.480 e. The number of β-amino-alcohol motifs (C(OH)–C–C–N with tert-alkyl or cyclic N) is 1. The van der Waals surface area contributed by atoms with Crippen LogP contribution in [0.25, 0.3) is 0 Å². The molecule has 1 aromatic carbocycles. The van der Waals surface area contributed by atoms with Gasteiger partial charge in [-0.05, 0) is 26.3 Å². The fraction of sp³-hybridized carbons (Fsp3) is 0.562. The molecule has 118 valence electrons. The van der Waals surface area contributed by atoms with Crippen LogP contribution in [0.4, 0.5) is 0 Å². The Labute approximate surface area is 126 Å². The summed E-state index contributed by atoms with van der Waals surface area (Å²) in [5.41, 5.74) is 0.724. The Bertz CT molecular complexity index is 428. The molecule has 1 aromatic rings. The fourth-order valence-electron chi connectivity index (χ4n) is 1.93. The lowest BCUT2D eigenvalue weighted by molar-refractivity contribution is -0.140. The van der Waals surface area contributed by atoms with Crippen molar-refractivity contribution in [1.29, 1.82) is 0 Å². The second kappa shape index (κ2) is 8.12. The minimum absolute atomic E-state index is 0.0980. The highest BCUT2D eigenvalue weighted by molar-refractivity contribution is 5.69. The van der Waals surface area contributed by atoms with Crippen LogP contribution in [0.1, 0.15) is 26.3 Å². The molecular weight excluding hydrogens is 270 g/mol. The van der Waals surface area contributed by atoms with Crippen LogP contribution >= 0.6 is 0 Å². The van der Waals surface area contributed by atoms with Gasteiger partial charge in [-0.25, -0.2) is 0 Å². The third kappa shape index (κ3) is 7.22. The molecule has 0 aliphatic heterocycles. The predicted molar refractivity (Wildman–Crippen MR) is 81.1 cm³/mol. The third-order valence-corrected chi connectivity index (χ3v) is 3.13. The van der Waals surface area contributed by atoms with Gasteiger partial charge in [0.1, 0.15) is 0 Å². The smallest absolute Gasteiger partial charge is 0.317 e. The van der Waals surface area contributed by atoms with Crippen LogP contribution in [-0.2, 0) is 16.1 Å². The zero-order valence-electron chi connectivity index (χ0n) is 13.0. The van der Waals surface area contributed by atoms with Gasteiger partial charge in [-0.15, -0.1) is 0 Å². The van der Waals surface area contributed by atoms with Crippen LogP contribution in [0.2, 0.25) is 0 Å². The molecule has 0 bridgehead atoms. The summed E-state index contributed by atoms with van der Waals surface area (Å²) in [6.45, 7) is 6.56. The lowest BCUT2D eigenvalue weighted by Gasteiger charge is -2.35. The molecule has 0 fully saturated rings. The van der Waals surface area contributed by atoms with E-state index < -0.39 is 12.1 Å². The van der Waals surface area contributed by atoms with Gasteiger partial charge in [-0.2, -0.15) is 0 Å². The quantitative estimate of drug-likeness (QED) is 0.764. The Morgan fingerprint density at radius 3 is 2.43 bits per heavy atom. The number of nitrogens with zero attached hydrogens (tertiary/aromatic N) is 1. The summed E-state index contributed by atoms with van der Waals surface area (Å²) in [4.78, 5) is 12.6. The molecule has 0 aliphatic carbocycles. The average Bonchev–Trinajstić information content (AvgIpc) is 2.37. The molecule has 1 unspecified atom stereocenters. The monoisotopic (exact) mass is 295 g/mol. The van der Waals surface area contributed by atoms with Gasteiger partial charge in [0.2, 0.25) is 0 Å². The first-order valence-electron chi connectivity index (χ1n) is 7.05. The maximum Gasteiger partial charge on any atom is 0.317 e. The summed E-state index contributed by atoms with van der Waals surface area (Å²) in [6.07, 6.45) is -0.715. The Balaban J connectivity index is 2.39. The molecule has 0 saturated carbocycles. The summed E-state index contributed by atoms with van der Waals surface area (Å²) in [6, 6.07) is 9.72. The molecule has 0 spiro atoms. The van der Waals surface area contributed by atoms with E-state index in [9.17, 15) is 9.90 Å². The maximum atomic E-state index is 10.9. The van der Waals surface area contributed by atoms with E-state index >= 15 is 0 Å². The first kappa shape index (κ1) is 17.6. The number of hydrogen-bond donors (Lipinski definition) is 2. The minimum atomic E-state index is -0.901. The highest BCUT2D eigenvalue weighted by atomic mass is 16.5. The number of ether oxygens (including phenoxy) is 1. The number of rotatable bonds is 8. The van der Waals surface area contributed by atoms with Crippen LogP contribution in [-0.4, -0.2) is 52.4 Å². The van der Waals surface area contributed by atoms with Crippen molar-refractivity contribution in [2.75, 3.05) is 19.7 Å². The van der Waals surface area contributed by atoms with Crippen molar-refractivity contribution < 1.29 is 19.7 Å². The number of carboxylic acids is 1. The van der Waals surface area contributed by atoms with Crippen LogP contribution in [0.3, 0.4) is 0 Å². The molecule has 2 N–H and O–H groups in total. The number of carbonyl (C=O) groups is 1. The fourth-order valence-corrected chi connectivity index (χ4v) is 1.93. The standard InChI is InChI=1S/C16H25NO4/c1-16(2,3)17(10-15(19)20)9-14(18)12-21-11-13-7-5-4-6-8-13/h4-8,14,18H,9-12H2,1-3H3,(H,19,20). The first-order valence-corrected chi connectivity index (χ1v) is 7.05. The summed E-state index contributed by atoms with van der Waals surface area (Å²) in [7, 11) is 0. The second-order valence-corrected chi connectivity index (χ2v) is 6.10. The Morgan fingerprint density at radius 2 is 1.90 bits per heavy atom. The average molecular weight is 295 g/mol. The summed E-state index contributed by atoms with van der Waals surface area (Å²) in [5.74, 6) is -0.901. The van der Waals surface area contributed by atoms with E-state index in [1.54, 1.807) is 4.90 Å². The van der Waals surface area contributed by atoms with Crippen molar-refractivity contribution in [2.24, 2.45) is 0 Å². The molecule has 5 nitrogen and oxygen atoms in total. The number of carboxylic acid groups (broad SMARTS) is 1. The van der Waals surface area contributed by atoms with E-state index in [4.69, 9.17) is 9.84 Å². The highest BCUT2D eigenvalue weighted by Crippen LogP contribution is 2.13. The van der Waals surface area contributed by atoms with Gasteiger partial charge < -0.3 is 14.9 Å². The van der Waals surface area contributed by atoms with Crippen molar-refractivity contribution in [3.63, 3.8) is 0 Å². The summed E-state index contributed by atoms with van der Waals surface area (Å²) in [5, 5.41) is 18.9. The van der Waals surface area contributed by atoms with Crippen molar-refractivity contribution in [3.8, 4) is 0 Å². The van der Waals surface area contributed by atoms with Crippen LogP contribution in [0, 0.1) is 0 Å². The number of hydrogen-bond acceptors (Lipinski definition) is 4. The highest BCUT2D eigenvalue weighted by Gasteiger charge is 2.25. The van der Waals surface area contributed by atoms with Gasteiger partial charge in [0.25, 0.3) is 0 Å². The van der Waals surface area contributed by atoms with E-state index in [1.807, 2.05) is 51.1 Å². The lowest BCUT2D eigenvalue weighted by atomic mass is 10.1. The number of aliphatic hydroxyl groups is 1. The van der Waals surface area contributed by atoms with Gasteiger partial charge in [0, 0.05) is 12.1 Å². The third-order valence-electron chi connectivity index (χ3n) is 3.13. The van der Waals surface area contributed by atoms with E-state index in [2.05, 4.69) is 0 Å². The molecule has 5 heteroatoms. The lowest BCUT2D eigenvalue weighted by Crippen LogP contribution is -2.48. The van der Waals surface area contributed by atoms with Crippen molar-refractivity contribution in [2.45, 2.75) is 39.0 Å². The van der Waals surface area contributed by atoms with Crippen molar-refractivity contribution in [3.05, 3.63) is 35.9 Å². The van der Waals surface area contributed by atoms with Crippen LogP contribution < -0.4 is 0 Å². The predicted octanol–water partition coefficient (Wildman–Crippen LogP) is 1.75. The molecule has 0 heterocycles. The first-order chi connectivity index (χ1) is 9.79. The van der Waals surface area contributed by atoms with Gasteiger partial charge in [0.15, 0.2) is 0 Å². The Morgan fingerprint density at radius 1 is 1.29 bits per heavy atom. The molecule has 0 amide bonds. The zero-order valence-corrected chi connectivity index (χ0v) is 13.0. The molecule has 0 saturated heterocycles. The number of benzene rings is 1. The molecule has 1 rings (SSSR count).